The van der Waals surface area contributed by atoms with E-state index in [9.17, 15) is 5.11 Å². The van der Waals surface area contributed by atoms with E-state index >= 15 is 0 Å². The highest BCUT2D eigenvalue weighted by molar-refractivity contribution is 8.03. The van der Waals surface area contributed by atoms with Crippen LogP contribution in [0.1, 0.15) is 42.8 Å². The lowest BCUT2D eigenvalue weighted by molar-refractivity contribution is -0.665. The smallest absolute Gasteiger partial charge is 0.262 e. The molecule has 3 aromatic rings. The Morgan fingerprint density at radius 1 is 1.00 bits per heavy atom. The van der Waals surface area contributed by atoms with Crippen LogP contribution in [-0.4, -0.2) is 11.7 Å². The van der Waals surface area contributed by atoms with E-state index in [1.54, 1.807) is 0 Å². The van der Waals surface area contributed by atoms with Crippen molar-refractivity contribution < 1.29 is 9.67 Å². The second kappa shape index (κ2) is 9.47. The van der Waals surface area contributed by atoms with E-state index in [0.717, 1.165) is 37.1 Å². The number of aliphatic hydroxyl groups excluding tert-OH is 1. The molecule has 5 heteroatoms. The maximum absolute atomic E-state index is 10.9. The highest BCUT2D eigenvalue weighted by Crippen LogP contribution is 2.46. The topological polar surface area (TPSA) is 27.4 Å². The predicted molar refractivity (Wildman–Crippen MR) is 147 cm³/mol. The first kappa shape index (κ1) is 23.0. The Hall–Kier alpha value is -2.76. The monoisotopic (exact) mass is 487 g/mol. The number of allylic oxidation sites excluding steroid dienone is 5. The van der Waals surface area contributed by atoms with Crippen molar-refractivity contribution in [1.82, 2.24) is 0 Å². The second-order valence-electron chi connectivity index (χ2n) is 8.88. The number of aryl methyl sites for hydroxylation is 3. The number of benzene rings is 2. The van der Waals surface area contributed by atoms with E-state index in [1.165, 1.54) is 42.0 Å². The Labute approximate surface area is 210 Å². The van der Waals surface area contributed by atoms with Crippen molar-refractivity contribution in [3.8, 4) is 0 Å². The largest absolute Gasteiger partial charge is 0.507 e. The molecule has 0 spiro atoms. The fraction of sp³-hybridized carbons (Fsp3) is 0.276. The minimum atomic E-state index is 0.438. The minimum Gasteiger partial charge on any atom is -0.507 e. The molecule has 1 N–H and O–H groups in total. The van der Waals surface area contributed by atoms with Crippen LogP contribution in [0.15, 0.2) is 81.5 Å². The van der Waals surface area contributed by atoms with Crippen LogP contribution in [0, 0.1) is 13.8 Å². The van der Waals surface area contributed by atoms with E-state index in [-0.39, 0.29) is 0 Å². The van der Waals surface area contributed by atoms with Crippen molar-refractivity contribution in [2.75, 3.05) is 11.4 Å². The van der Waals surface area contributed by atoms with Crippen LogP contribution in [0.2, 0.25) is 0 Å². The van der Waals surface area contributed by atoms with Crippen LogP contribution < -0.4 is 9.47 Å². The zero-order chi connectivity index (χ0) is 23.8. The van der Waals surface area contributed by atoms with Gasteiger partial charge in [0, 0.05) is 23.6 Å². The summed E-state index contributed by atoms with van der Waals surface area (Å²) >= 11 is 3.62. The van der Waals surface area contributed by atoms with Gasteiger partial charge in [-0.1, -0.05) is 41.3 Å². The summed E-state index contributed by atoms with van der Waals surface area (Å²) in [4.78, 5) is 3.66. The summed E-state index contributed by atoms with van der Waals surface area (Å²) < 4.78 is 3.66. The molecule has 3 nitrogen and oxygen atoms in total. The molecule has 34 heavy (non-hydrogen) atoms. The van der Waals surface area contributed by atoms with Gasteiger partial charge >= 0.3 is 0 Å². The van der Waals surface area contributed by atoms with Crippen LogP contribution in [-0.2, 0) is 6.54 Å². The Kier molecular flexibility index (Phi) is 6.41. The lowest BCUT2D eigenvalue weighted by atomic mass is 10.2. The molecule has 174 valence electrons. The molecular formula is C29H31N2OS2+. The zero-order valence-corrected chi connectivity index (χ0v) is 21.9. The van der Waals surface area contributed by atoms with Crippen LogP contribution in [0.25, 0.3) is 16.3 Å². The molecule has 0 fully saturated rings. The number of nitrogens with zero attached hydrogens (tertiary/aromatic N) is 2. The molecule has 1 aliphatic heterocycles. The summed E-state index contributed by atoms with van der Waals surface area (Å²) in [5, 5.41) is 13.4. The molecule has 5 rings (SSSR count). The first-order valence-electron chi connectivity index (χ1n) is 12.0. The lowest BCUT2D eigenvalue weighted by Gasteiger charge is -2.17. The quantitative estimate of drug-likeness (QED) is 0.371. The molecule has 0 bridgehead atoms. The third-order valence-electron chi connectivity index (χ3n) is 6.53. The number of hydrogen-bond donors (Lipinski definition) is 1. The van der Waals surface area contributed by atoms with Gasteiger partial charge in [0.15, 0.2) is 0 Å². The maximum atomic E-state index is 10.9. The average Bonchev–Trinajstić information content (AvgIpc) is 3.47. The van der Waals surface area contributed by atoms with Crippen molar-refractivity contribution >= 4 is 45.1 Å². The Balaban J connectivity index is 1.39. The van der Waals surface area contributed by atoms with Gasteiger partial charge in [0.05, 0.1) is 10.7 Å². The van der Waals surface area contributed by atoms with Gasteiger partial charge in [-0.25, -0.2) is 0 Å². The van der Waals surface area contributed by atoms with Crippen molar-refractivity contribution in [3.05, 3.63) is 92.7 Å². The normalized spacial score (nSPS) is 18.4. The predicted octanol–water partition coefficient (Wildman–Crippen LogP) is 7.84. The number of rotatable bonds is 5. The van der Waals surface area contributed by atoms with E-state index in [2.05, 4.69) is 97.9 Å². The SMILES string of the molecule is CCN1/C(=C/C=C2\CCC(/C=C/c3sc4cc(C)ccc4[n+]3CC)=C2O)Sc2cc(C)ccc21. The number of hydrogen-bond acceptors (Lipinski definition) is 4. The van der Waals surface area contributed by atoms with Gasteiger partial charge in [0.25, 0.3) is 5.01 Å². The number of thioether (sulfide) groups is 1. The number of fused-ring (bicyclic) bond motifs is 2. The Bertz CT molecular complexity index is 1390. The van der Waals surface area contributed by atoms with Crippen molar-refractivity contribution in [2.45, 2.75) is 52.0 Å². The third-order valence-corrected chi connectivity index (χ3v) is 8.76. The lowest BCUT2D eigenvalue weighted by Crippen LogP contribution is -2.33. The van der Waals surface area contributed by atoms with Crippen molar-refractivity contribution in [3.63, 3.8) is 0 Å². The van der Waals surface area contributed by atoms with Gasteiger partial charge < -0.3 is 10.0 Å². The zero-order valence-electron chi connectivity index (χ0n) is 20.3. The fourth-order valence-electron chi connectivity index (χ4n) is 4.71. The molecule has 0 saturated heterocycles. The van der Waals surface area contributed by atoms with Crippen LogP contribution in [0.4, 0.5) is 5.69 Å². The molecule has 1 aliphatic carbocycles. The van der Waals surface area contributed by atoms with Crippen LogP contribution in [0.5, 0.6) is 0 Å². The molecule has 0 saturated carbocycles. The number of aromatic nitrogens is 1. The fourth-order valence-corrected chi connectivity index (χ4v) is 7.16. The molecular weight excluding hydrogens is 456 g/mol. The molecule has 0 amide bonds. The van der Waals surface area contributed by atoms with Gasteiger partial charge in [0.1, 0.15) is 17.0 Å². The summed E-state index contributed by atoms with van der Waals surface area (Å²) in [6, 6.07) is 13.3. The summed E-state index contributed by atoms with van der Waals surface area (Å²) in [6.45, 7) is 10.5. The number of thiazole rings is 1. The highest BCUT2D eigenvalue weighted by Gasteiger charge is 2.24. The summed E-state index contributed by atoms with van der Waals surface area (Å²) in [5.41, 5.74) is 7.17. The van der Waals surface area contributed by atoms with Crippen molar-refractivity contribution in [2.24, 2.45) is 0 Å². The van der Waals surface area contributed by atoms with Gasteiger partial charge in [-0.15, -0.1) is 0 Å². The highest BCUT2D eigenvalue weighted by atomic mass is 32.2. The number of anilines is 1. The molecule has 0 radical (unpaired) electrons. The molecule has 2 heterocycles. The van der Waals surface area contributed by atoms with Gasteiger partial charge in [0.2, 0.25) is 5.52 Å². The number of aliphatic hydroxyl groups is 1. The summed E-state index contributed by atoms with van der Waals surface area (Å²) in [6.07, 6.45) is 10.3. The van der Waals surface area contributed by atoms with E-state index in [1.807, 2.05) is 23.1 Å². The summed E-state index contributed by atoms with van der Waals surface area (Å²) in [7, 11) is 0. The van der Waals surface area contributed by atoms with E-state index in [4.69, 9.17) is 0 Å². The first-order valence-corrected chi connectivity index (χ1v) is 13.6. The molecule has 1 aromatic heterocycles. The van der Waals surface area contributed by atoms with Crippen LogP contribution in [0.3, 0.4) is 0 Å². The standard InChI is InChI=1S/C29H30N2OS2/c1-5-30-23-13-7-19(3)17-25(23)33-27(30)15-11-21-9-10-22(29(21)32)12-16-28-31(6-2)24-14-8-20(4)18-26(24)34-28/h7-8,11-18H,5-6,9-10H2,1-4H3/p+1/b21-11+,27-15-. The van der Waals surface area contributed by atoms with E-state index in [0.29, 0.717) is 5.76 Å². The maximum Gasteiger partial charge on any atom is 0.262 e. The van der Waals surface area contributed by atoms with Gasteiger partial charge in [-0.05, 0) is 93.2 Å². The molecule has 0 atom stereocenters. The second-order valence-corrected chi connectivity index (χ2v) is 11.0. The first-order chi connectivity index (χ1) is 16.5. The Morgan fingerprint density at radius 2 is 1.79 bits per heavy atom. The molecule has 2 aliphatic rings. The molecule has 0 unspecified atom stereocenters. The Morgan fingerprint density at radius 3 is 2.59 bits per heavy atom. The average molecular weight is 488 g/mol. The van der Waals surface area contributed by atoms with Crippen molar-refractivity contribution in [1.29, 1.82) is 0 Å². The third kappa shape index (κ3) is 4.23. The van der Waals surface area contributed by atoms with Gasteiger partial charge in [-0.3, -0.25) is 0 Å². The van der Waals surface area contributed by atoms with Gasteiger partial charge in [-0.2, -0.15) is 4.57 Å². The van der Waals surface area contributed by atoms with Crippen LogP contribution >= 0.6 is 23.1 Å². The minimum absolute atomic E-state index is 0.438. The summed E-state index contributed by atoms with van der Waals surface area (Å²) in [5.74, 6) is 0.438. The molecule has 2 aromatic carbocycles. The van der Waals surface area contributed by atoms with E-state index < -0.39 is 0 Å².